The summed E-state index contributed by atoms with van der Waals surface area (Å²) < 4.78 is 3.05. The van der Waals surface area contributed by atoms with Gasteiger partial charge in [-0.05, 0) is 23.8 Å². The van der Waals surface area contributed by atoms with Crippen molar-refractivity contribution in [2.24, 2.45) is 14.1 Å². The topological polar surface area (TPSA) is 81.8 Å². The minimum atomic E-state index is -0.159. The number of aromatic nitrogens is 4. The molecule has 0 aliphatic heterocycles. The van der Waals surface area contributed by atoms with Crippen molar-refractivity contribution in [1.82, 2.24) is 19.3 Å². The molecule has 0 saturated heterocycles. The summed E-state index contributed by atoms with van der Waals surface area (Å²) >= 11 is 0. The largest absolute Gasteiger partial charge is 0.326 e. The number of benzene rings is 1. The molecule has 3 rings (SSSR count). The third-order valence-corrected chi connectivity index (χ3v) is 3.32. The predicted octanol–water partition coefficient (Wildman–Crippen LogP) is 0.848. The number of rotatable bonds is 3. The van der Waals surface area contributed by atoms with E-state index >= 15 is 0 Å². The lowest BCUT2D eigenvalue weighted by Gasteiger charge is -2.06. The molecular formula is C15H15N5O2. The maximum absolute atomic E-state index is 12.1. The summed E-state index contributed by atoms with van der Waals surface area (Å²) in [7, 11) is 3.44. The molecule has 0 spiro atoms. The van der Waals surface area contributed by atoms with Crippen LogP contribution >= 0.6 is 0 Å². The Bertz CT molecular complexity index is 910. The van der Waals surface area contributed by atoms with E-state index in [0.29, 0.717) is 16.6 Å². The Kier molecular flexibility index (Phi) is 3.46. The predicted molar refractivity (Wildman–Crippen MR) is 82.5 cm³/mol. The molecule has 0 aliphatic rings. The van der Waals surface area contributed by atoms with E-state index in [4.69, 9.17) is 0 Å². The average Bonchev–Trinajstić information content (AvgIpc) is 2.88. The molecule has 1 aromatic carbocycles. The molecule has 0 unspecified atom stereocenters. The molecule has 112 valence electrons. The van der Waals surface area contributed by atoms with Gasteiger partial charge in [0.05, 0.1) is 29.8 Å². The zero-order chi connectivity index (χ0) is 15.7. The molecule has 0 fully saturated rings. The SMILES string of the molecule is Cn1cc(CC(=O)Nc2ccc3ncn(C)c(=O)c3c2)cn1. The van der Waals surface area contributed by atoms with Crippen LogP contribution in [0.15, 0.2) is 41.7 Å². The second kappa shape index (κ2) is 5.44. The minimum absolute atomic E-state index is 0.145. The lowest BCUT2D eigenvalue weighted by molar-refractivity contribution is -0.115. The van der Waals surface area contributed by atoms with E-state index in [-0.39, 0.29) is 17.9 Å². The van der Waals surface area contributed by atoms with Gasteiger partial charge in [-0.2, -0.15) is 5.10 Å². The highest BCUT2D eigenvalue weighted by Gasteiger charge is 2.08. The number of carbonyl (C=O) groups excluding carboxylic acids is 1. The number of nitrogens with zero attached hydrogens (tertiary/aromatic N) is 4. The van der Waals surface area contributed by atoms with Crippen LogP contribution in [0.2, 0.25) is 0 Å². The van der Waals surface area contributed by atoms with Gasteiger partial charge >= 0.3 is 0 Å². The summed E-state index contributed by atoms with van der Waals surface area (Å²) in [6.07, 6.45) is 5.15. The fourth-order valence-electron chi connectivity index (χ4n) is 2.24. The van der Waals surface area contributed by atoms with Gasteiger partial charge in [0.25, 0.3) is 5.56 Å². The van der Waals surface area contributed by atoms with Crippen LogP contribution in [0.4, 0.5) is 5.69 Å². The van der Waals surface area contributed by atoms with Gasteiger partial charge < -0.3 is 9.88 Å². The molecule has 0 aliphatic carbocycles. The van der Waals surface area contributed by atoms with Crippen molar-refractivity contribution in [2.45, 2.75) is 6.42 Å². The fourth-order valence-corrected chi connectivity index (χ4v) is 2.24. The summed E-state index contributed by atoms with van der Waals surface area (Å²) in [5.41, 5.74) is 1.87. The highest BCUT2D eigenvalue weighted by Crippen LogP contribution is 2.14. The number of carbonyl (C=O) groups is 1. The van der Waals surface area contributed by atoms with Crippen molar-refractivity contribution in [3.05, 3.63) is 52.8 Å². The Morgan fingerprint density at radius 2 is 2.14 bits per heavy atom. The number of fused-ring (bicyclic) bond motifs is 1. The highest BCUT2D eigenvalue weighted by atomic mass is 16.1. The molecule has 0 saturated carbocycles. The zero-order valence-corrected chi connectivity index (χ0v) is 12.3. The summed E-state index contributed by atoms with van der Waals surface area (Å²) in [6, 6.07) is 5.10. The number of anilines is 1. The van der Waals surface area contributed by atoms with E-state index in [2.05, 4.69) is 15.4 Å². The van der Waals surface area contributed by atoms with Gasteiger partial charge in [0.2, 0.25) is 5.91 Å². The number of hydrogen-bond donors (Lipinski definition) is 1. The Balaban J connectivity index is 1.83. The van der Waals surface area contributed by atoms with E-state index in [9.17, 15) is 9.59 Å². The number of nitrogens with one attached hydrogen (secondary N) is 1. The second-order valence-electron chi connectivity index (χ2n) is 5.14. The van der Waals surface area contributed by atoms with Gasteiger partial charge in [-0.15, -0.1) is 0 Å². The van der Waals surface area contributed by atoms with Crippen molar-refractivity contribution < 1.29 is 4.79 Å². The maximum atomic E-state index is 12.1. The molecule has 7 heteroatoms. The first-order valence-electron chi connectivity index (χ1n) is 6.76. The standard InChI is InChI=1S/C15H15N5O2/c1-19-9-16-13-4-3-11(6-12(13)15(19)22)18-14(21)5-10-7-17-20(2)8-10/h3-4,6-9H,5H2,1-2H3,(H,18,21). The summed E-state index contributed by atoms with van der Waals surface area (Å²) in [5.74, 6) is -0.159. The lowest BCUT2D eigenvalue weighted by atomic mass is 10.2. The van der Waals surface area contributed by atoms with Crippen molar-refractivity contribution >= 4 is 22.5 Å². The molecule has 22 heavy (non-hydrogen) atoms. The molecule has 1 N–H and O–H groups in total. The van der Waals surface area contributed by atoms with Gasteiger partial charge in [0.1, 0.15) is 0 Å². The third kappa shape index (κ3) is 2.73. The average molecular weight is 297 g/mol. The van der Waals surface area contributed by atoms with Crippen LogP contribution < -0.4 is 10.9 Å². The first kappa shape index (κ1) is 14.0. The van der Waals surface area contributed by atoms with E-state index in [1.165, 1.54) is 10.9 Å². The van der Waals surface area contributed by atoms with Gasteiger partial charge in [-0.25, -0.2) is 4.98 Å². The summed E-state index contributed by atoms with van der Waals surface area (Å²) in [5, 5.41) is 7.29. The van der Waals surface area contributed by atoms with Crippen molar-refractivity contribution in [2.75, 3.05) is 5.32 Å². The molecule has 0 atom stereocenters. The molecule has 0 radical (unpaired) electrons. The van der Waals surface area contributed by atoms with Gasteiger partial charge in [-0.3, -0.25) is 14.3 Å². The molecule has 0 bridgehead atoms. The van der Waals surface area contributed by atoms with E-state index in [1.807, 2.05) is 0 Å². The second-order valence-corrected chi connectivity index (χ2v) is 5.14. The third-order valence-electron chi connectivity index (χ3n) is 3.32. The smallest absolute Gasteiger partial charge is 0.260 e. The molecular weight excluding hydrogens is 282 g/mol. The summed E-state index contributed by atoms with van der Waals surface area (Å²) in [4.78, 5) is 28.3. The van der Waals surface area contributed by atoms with Crippen LogP contribution in [-0.2, 0) is 25.3 Å². The van der Waals surface area contributed by atoms with Gasteiger partial charge in [-0.1, -0.05) is 0 Å². The normalized spacial score (nSPS) is 10.8. The van der Waals surface area contributed by atoms with Crippen molar-refractivity contribution in [3.8, 4) is 0 Å². The maximum Gasteiger partial charge on any atom is 0.260 e. The lowest BCUT2D eigenvalue weighted by Crippen LogP contribution is -2.18. The molecule has 7 nitrogen and oxygen atoms in total. The quantitative estimate of drug-likeness (QED) is 0.777. The first-order chi connectivity index (χ1) is 10.5. The highest BCUT2D eigenvalue weighted by molar-refractivity contribution is 5.94. The number of aryl methyl sites for hydroxylation is 2. The molecule has 2 heterocycles. The van der Waals surface area contributed by atoms with E-state index < -0.39 is 0 Å². The van der Waals surface area contributed by atoms with Crippen LogP contribution in [0.1, 0.15) is 5.56 Å². The molecule has 1 amide bonds. The van der Waals surface area contributed by atoms with Crippen LogP contribution in [-0.4, -0.2) is 25.2 Å². The molecule has 2 aromatic heterocycles. The Morgan fingerprint density at radius 3 is 2.86 bits per heavy atom. The Labute approximate surface area is 126 Å². The van der Waals surface area contributed by atoms with Gasteiger partial charge in [0.15, 0.2) is 0 Å². The van der Waals surface area contributed by atoms with Crippen molar-refractivity contribution in [1.29, 1.82) is 0 Å². The fraction of sp³-hybridized carbons (Fsp3) is 0.200. The zero-order valence-electron chi connectivity index (χ0n) is 12.3. The monoisotopic (exact) mass is 297 g/mol. The van der Waals surface area contributed by atoms with Crippen molar-refractivity contribution in [3.63, 3.8) is 0 Å². The number of amides is 1. The minimum Gasteiger partial charge on any atom is -0.326 e. The van der Waals surface area contributed by atoms with E-state index in [0.717, 1.165) is 5.56 Å². The number of hydrogen-bond acceptors (Lipinski definition) is 4. The van der Waals surface area contributed by atoms with Crippen LogP contribution in [0.5, 0.6) is 0 Å². The first-order valence-corrected chi connectivity index (χ1v) is 6.76. The van der Waals surface area contributed by atoms with Gasteiger partial charge in [0, 0.05) is 26.0 Å². The molecule has 3 aromatic rings. The summed E-state index contributed by atoms with van der Waals surface area (Å²) in [6.45, 7) is 0. The van der Waals surface area contributed by atoms with Crippen LogP contribution in [0, 0.1) is 0 Å². The van der Waals surface area contributed by atoms with Crippen LogP contribution in [0.25, 0.3) is 10.9 Å². The Hall–Kier alpha value is -2.96. The Morgan fingerprint density at radius 1 is 1.32 bits per heavy atom. The van der Waals surface area contributed by atoms with Crippen LogP contribution in [0.3, 0.4) is 0 Å². The van der Waals surface area contributed by atoms with E-state index in [1.54, 1.807) is 49.4 Å².